The molecule has 0 fully saturated rings. The van der Waals surface area contributed by atoms with E-state index in [1.165, 1.54) is 49.8 Å². The molecule has 3 rings (SSSR count). The summed E-state index contributed by atoms with van der Waals surface area (Å²) in [6, 6.07) is 6.39. The molecule has 42 heavy (non-hydrogen) atoms. The van der Waals surface area contributed by atoms with Crippen LogP contribution in [0.3, 0.4) is 0 Å². The Balaban J connectivity index is 1.82. The number of tetrazole rings is 1. The molecule has 0 saturated heterocycles. The number of hydrogen-bond donors (Lipinski definition) is 3. The summed E-state index contributed by atoms with van der Waals surface area (Å²) in [5, 5.41) is 24.4. The number of nitrogens with zero attached hydrogens (tertiary/aromatic N) is 5. The minimum Gasteiger partial charge on any atom is -0.478 e. The maximum Gasteiger partial charge on any atom is 0.335 e. The van der Waals surface area contributed by atoms with Gasteiger partial charge in [-0.2, -0.15) is 4.68 Å². The van der Waals surface area contributed by atoms with Crippen molar-refractivity contribution in [1.82, 2.24) is 30.4 Å². The Bertz CT molecular complexity index is 1610. The fraction of sp³-hybridized carbons (Fsp3) is 0.240. The lowest BCUT2D eigenvalue weighted by Crippen LogP contribution is -2.46. The lowest BCUT2D eigenvalue weighted by atomic mass is 10.1. The van der Waals surface area contributed by atoms with E-state index < -0.39 is 51.8 Å². The fourth-order valence-electron chi connectivity index (χ4n) is 3.46. The molecule has 3 N–H and O–H groups in total. The zero-order valence-corrected chi connectivity index (χ0v) is 23.8. The number of carboxylic acids is 1. The van der Waals surface area contributed by atoms with Gasteiger partial charge in [0.05, 0.1) is 28.4 Å². The number of carbonyl (C=O) groups excluding carboxylic acids is 3. The maximum absolute atomic E-state index is 14.8. The van der Waals surface area contributed by atoms with Crippen LogP contribution in [-0.2, 0) is 24.2 Å². The Morgan fingerprint density at radius 3 is 2.45 bits per heavy atom. The molecule has 0 aliphatic heterocycles. The van der Waals surface area contributed by atoms with Gasteiger partial charge in [-0.15, -0.1) is 5.10 Å². The standard InChI is InChI=1S/C25H25ClFN7O7S/c1-33(11-12-42(2,40)41)22(36)13-19(24(37)29-16-5-3-15(4-6-16)25(38)39)30-21(35)10-7-17-20(34-14-28-31-32-34)9-8-18(26)23(17)27/h3-10,14,19H,11-13H2,1-2H3,(H,29,37)(H,30,35)(H,38,39)/b10-7+/t19-/m0/s1. The number of aromatic nitrogens is 4. The number of anilines is 1. The first-order valence-corrected chi connectivity index (χ1v) is 14.4. The topological polar surface area (TPSA) is 194 Å². The van der Waals surface area contributed by atoms with E-state index in [0.29, 0.717) is 0 Å². The highest BCUT2D eigenvalue weighted by atomic mass is 35.5. The molecule has 1 aromatic heterocycles. The number of hydrogen-bond acceptors (Lipinski definition) is 9. The summed E-state index contributed by atoms with van der Waals surface area (Å²) >= 11 is 5.90. The van der Waals surface area contributed by atoms with Crippen molar-refractivity contribution in [1.29, 1.82) is 0 Å². The molecule has 3 amide bonds. The van der Waals surface area contributed by atoms with E-state index in [1.807, 2.05) is 0 Å². The largest absolute Gasteiger partial charge is 0.478 e. The molecule has 14 nitrogen and oxygen atoms in total. The third-order valence-electron chi connectivity index (χ3n) is 5.74. The van der Waals surface area contributed by atoms with Crippen molar-refractivity contribution in [3.63, 3.8) is 0 Å². The summed E-state index contributed by atoms with van der Waals surface area (Å²) in [5.41, 5.74) is 0.179. The molecule has 0 bridgehead atoms. The molecule has 3 aromatic rings. The van der Waals surface area contributed by atoms with E-state index in [4.69, 9.17) is 16.7 Å². The monoisotopic (exact) mass is 621 g/mol. The molecule has 0 unspecified atom stereocenters. The Morgan fingerprint density at radius 1 is 1.17 bits per heavy atom. The smallest absolute Gasteiger partial charge is 0.335 e. The molecule has 2 aromatic carbocycles. The van der Waals surface area contributed by atoms with E-state index in [1.54, 1.807) is 0 Å². The average molecular weight is 622 g/mol. The number of halogens is 2. The average Bonchev–Trinajstić information content (AvgIpc) is 3.46. The van der Waals surface area contributed by atoms with Crippen LogP contribution in [0.1, 0.15) is 22.3 Å². The summed E-state index contributed by atoms with van der Waals surface area (Å²) in [6.07, 6.45) is 3.67. The zero-order chi connectivity index (χ0) is 31.0. The Labute approximate surface area is 244 Å². The summed E-state index contributed by atoms with van der Waals surface area (Å²) in [6.45, 7) is -0.148. The Hall–Kier alpha value is -4.70. The molecule has 17 heteroatoms. The first kappa shape index (κ1) is 31.8. The lowest BCUT2D eigenvalue weighted by Gasteiger charge is -2.22. The van der Waals surface area contributed by atoms with Crippen molar-refractivity contribution >= 4 is 56.9 Å². The van der Waals surface area contributed by atoms with Crippen LogP contribution in [0.15, 0.2) is 48.8 Å². The van der Waals surface area contributed by atoms with Crippen LogP contribution in [-0.4, -0.2) is 94.0 Å². The normalized spacial score (nSPS) is 12.1. The predicted molar refractivity (Wildman–Crippen MR) is 149 cm³/mol. The molecule has 0 radical (unpaired) electrons. The first-order valence-electron chi connectivity index (χ1n) is 12.0. The van der Waals surface area contributed by atoms with Gasteiger partial charge in [0.1, 0.15) is 22.2 Å². The van der Waals surface area contributed by atoms with Gasteiger partial charge < -0.3 is 20.6 Å². The number of rotatable bonds is 12. The quantitative estimate of drug-likeness (QED) is 0.247. The minimum atomic E-state index is -3.38. The minimum absolute atomic E-state index is 0.0278. The number of carbonyl (C=O) groups is 4. The van der Waals surface area contributed by atoms with Gasteiger partial charge >= 0.3 is 5.97 Å². The highest BCUT2D eigenvalue weighted by Crippen LogP contribution is 2.25. The van der Waals surface area contributed by atoms with Crippen LogP contribution >= 0.6 is 11.6 Å². The van der Waals surface area contributed by atoms with Crippen LogP contribution in [0.25, 0.3) is 11.8 Å². The molecule has 0 saturated carbocycles. The van der Waals surface area contributed by atoms with E-state index in [2.05, 4.69) is 26.2 Å². The van der Waals surface area contributed by atoms with Gasteiger partial charge in [0, 0.05) is 37.2 Å². The summed E-state index contributed by atoms with van der Waals surface area (Å²) in [5.74, 6) is -4.71. The second kappa shape index (κ2) is 13.8. The van der Waals surface area contributed by atoms with Crippen molar-refractivity contribution in [3.8, 4) is 5.69 Å². The van der Waals surface area contributed by atoms with Gasteiger partial charge in [-0.3, -0.25) is 14.4 Å². The van der Waals surface area contributed by atoms with Gasteiger partial charge in [-0.05, 0) is 52.9 Å². The lowest BCUT2D eigenvalue weighted by molar-refractivity contribution is -0.133. The highest BCUT2D eigenvalue weighted by molar-refractivity contribution is 7.90. The van der Waals surface area contributed by atoms with Crippen LogP contribution in [0, 0.1) is 5.82 Å². The van der Waals surface area contributed by atoms with E-state index in [-0.39, 0.29) is 39.8 Å². The Morgan fingerprint density at radius 2 is 1.86 bits per heavy atom. The third-order valence-corrected chi connectivity index (χ3v) is 6.96. The molecule has 1 heterocycles. The number of benzene rings is 2. The third kappa shape index (κ3) is 8.90. The van der Waals surface area contributed by atoms with Gasteiger partial charge in [0.2, 0.25) is 17.7 Å². The molecular weight excluding hydrogens is 597 g/mol. The molecule has 0 aliphatic rings. The van der Waals surface area contributed by atoms with E-state index in [0.717, 1.165) is 28.0 Å². The zero-order valence-electron chi connectivity index (χ0n) is 22.2. The number of amides is 3. The van der Waals surface area contributed by atoms with Gasteiger partial charge in [-0.25, -0.2) is 17.6 Å². The number of sulfone groups is 1. The van der Waals surface area contributed by atoms with Crippen LogP contribution in [0.4, 0.5) is 10.1 Å². The molecule has 222 valence electrons. The molecule has 0 spiro atoms. The summed E-state index contributed by atoms with van der Waals surface area (Å²) < 4.78 is 39.0. The maximum atomic E-state index is 14.8. The predicted octanol–water partition coefficient (Wildman–Crippen LogP) is 1.18. The highest BCUT2D eigenvalue weighted by Gasteiger charge is 2.26. The van der Waals surface area contributed by atoms with Crippen LogP contribution in [0.2, 0.25) is 5.02 Å². The van der Waals surface area contributed by atoms with Crippen LogP contribution < -0.4 is 10.6 Å². The number of nitrogens with one attached hydrogen (secondary N) is 2. The van der Waals surface area contributed by atoms with Crippen molar-refractivity contribution in [2.45, 2.75) is 12.5 Å². The first-order chi connectivity index (χ1) is 19.7. The summed E-state index contributed by atoms with van der Waals surface area (Å²) in [7, 11) is -2.03. The van der Waals surface area contributed by atoms with Gasteiger partial charge in [-0.1, -0.05) is 11.6 Å². The van der Waals surface area contributed by atoms with Gasteiger partial charge in [0.25, 0.3) is 0 Å². The summed E-state index contributed by atoms with van der Waals surface area (Å²) in [4.78, 5) is 50.9. The SMILES string of the molecule is CN(CCS(C)(=O)=O)C(=O)C[C@H](NC(=O)/C=C/c1c(-n2cnnn2)ccc(Cl)c1F)C(=O)Nc1ccc(C(=O)O)cc1. The molecular formula is C25H25ClFN7O7S. The molecule has 1 atom stereocenters. The van der Waals surface area contributed by atoms with Crippen molar-refractivity contribution in [2.24, 2.45) is 0 Å². The number of aromatic carboxylic acids is 1. The van der Waals surface area contributed by atoms with Crippen LogP contribution in [0.5, 0.6) is 0 Å². The van der Waals surface area contributed by atoms with Crippen molar-refractivity contribution in [2.75, 3.05) is 30.9 Å². The van der Waals surface area contributed by atoms with Gasteiger partial charge in [0.15, 0.2) is 5.82 Å². The second-order valence-corrected chi connectivity index (χ2v) is 11.6. The van der Waals surface area contributed by atoms with Crippen molar-refractivity contribution < 1.29 is 37.1 Å². The van der Waals surface area contributed by atoms with E-state index in [9.17, 15) is 32.0 Å². The molecule has 0 aliphatic carbocycles. The second-order valence-electron chi connectivity index (χ2n) is 8.96. The van der Waals surface area contributed by atoms with Crippen molar-refractivity contribution in [3.05, 3.63) is 70.8 Å². The Kier molecular flexibility index (Phi) is 10.4. The van der Waals surface area contributed by atoms with E-state index >= 15 is 0 Å². The fourth-order valence-corrected chi connectivity index (χ4v) is 4.23. The number of carboxylic acid groups (broad SMARTS) is 1.